The Morgan fingerprint density at radius 1 is 1.75 bits per heavy atom. The van der Waals surface area contributed by atoms with Crippen molar-refractivity contribution in [2.45, 2.75) is 25.2 Å². The first-order chi connectivity index (χ1) is 5.92. The number of hydrogen-bond donors (Lipinski definition) is 1. The number of likely N-dealkylation sites (N-methyl/N-ethyl adjacent to an activating group) is 1. The van der Waals surface area contributed by atoms with Crippen molar-refractivity contribution in [1.82, 2.24) is 10.5 Å². The second-order valence-electron chi connectivity index (χ2n) is 3.35. The Hall–Kier alpha value is -0.830. The minimum atomic E-state index is 0.616. The van der Waals surface area contributed by atoms with Crippen molar-refractivity contribution in [3.63, 3.8) is 0 Å². The lowest BCUT2D eigenvalue weighted by Crippen LogP contribution is -2.20. The Labute approximate surface area is 72.1 Å². The molecule has 0 aromatic carbocycles. The average molecular weight is 166 g/mol. The summed E-state index contributed by atoms with van der Waals surface area (Å²) in [6, 6.07) is 0. The van der Waals surface area contributed by atoms with Gasteiger partial charge < -0.3 is 9.84 Å². The van der Waals surface area contributed by atoms with Gasteiger partial charge in [-0.1, -0.05) is 5.16 Å². The summed E-state index contributed by atoms with van der Waals surface area (Å²) in [4.78, 5) is 0. The van der Waals surface area contributed by atoms with Crippen LogP contribution < -0.4 is 5.32 Å². The van der Waals surface area contributed by atoms with Crippen molar-refractivity contribution in [1.29, 1.82) is 0 Å². The van der Waals surface area contributed by atoms with Crippen LogP contribution in [-0.4, -0.2) is 18.7 Å². The standard InChI is InChI=1S/C9H14N2O/c1-10-5-7-3-2-4-9-8(7)6-11-12-9/h6-7,10H,2-5H2,1H3. The number of nitrogens with zero attached hydrogens (tertiary/aromatic N) is 1. The van der Waals surface area contributed by atoms with Gasteiger partial charge in [0, 0.05) is 24.4 Å². The smallest absolute Gasteiger partial charge is 0.140 e. The normalized spacial score (nSPS) is 22.2. The van der Waals surface area contributed by atoms with Crippen LogP contribution in [0.5, 0.6) is 0 Å². The predicted octanol–water partition coefficient (Wildman–Crippen LogP) is 1.31. The molecule has 1 aliphatic rings. The van der Waals surface area contributed by atoms with Crippen molar-refractivity contribution in [2.75, 3.05) is 13.6 Å². The van der Waals surface area contributed by atoms with Gasteiger partial charge in [-0.3, -0.25) is 0 Å². The van der Waals surface area contributed by atoms with E-state index >= 15 is 0 Å². The molecule has 3 heteroatoms. The van der Waals surface area contributed by atoms with Crippen LogP contribution in [0.2, 0.25) is 0 Å². The Bertz CT molecular complexity index is 257. The molecular formula is C9H14N2O. The molecule has 1 atom stereocenters. The van der Waals surface area contributed by atoms with E-state index in [1.54, 1.807) is 0 Å². The van der Waals surface area contributed by atoms with Gasteiger partial charge in [0.2, 0.25) is 0 Å². The molecule has 0 radical (unpaired) electrons. The topological polar surface area (TPSA) is 38.1 Å². The molecule has 0 fully saturated rings. The molecular weight excluding hydrogens is 152 g/mol. The lowest BCUT2D eigenvalue weighted by atomic mass is 9.88. The van der Waals surface area contributed by atoms with Gasteiger partial charge in [0.15, 0.2) is 0 Å². The Morgan fingerprint density at radius 2 is 2.67 bits per heavy atom. The Morgan fingerprint density at radius 3 is 3.50 bits per heavy atom. The Kier molecular flexibility index (Phi) is 2.13. The molecule has 1 aromatic heterocycles. The van der Waals surface area contributed by atoms with Crippen LogP contribution in [0.1, 0.15) is 30.1 Å². The molecule has 1 heterocycles. The van der Waals surface area contributed by atoms with Crippen molar-refractivity contribution < 1.29 is 4.52 Å². The summed E-state index contributed by atoms with van der Waals surface area (Å²) in [5, 5.41) is 7.03. The molecule has 1 unspecified atom stereocenters. The maximum atomic E-state index is 5.15. The summed E-state index contributed by atoms with van der Waals surface area (Å²) in [6.07, 6.45) is 5.43. The highest BCUT2D eigenvalue weighted by Gasteiger charge is 2.22. The zero-order chi connectivity index (χ0) is 8.39. The minimum absolute atomic E-state index is 0.616. The number of fused-ring (bicyclic) bond motifs is 1. The first-order valence-electron chi connectivity index (χ1n) is 4.50. The van der Waals surface area contributed by atoms with Crippen molar-refractivity contribution in [2.24, 2.45) is 0 Å². The van der Waals surface area contributed by atoms with E-state index in [0.717, 1.165) is 18.7 Å². The van der Waals surface area contributed by atoms with Gasteiger partial charge in [0.25, 0.3) is 0 Å². The fraction of sp³-hybridized carbons (Fsp3) is 0.667. The molecule has 0 amide bonds. The molecule has 1 aliphatic carbocycles. The van der Waals surface area contributed by atoms with Gasteiger partial charge in [-0.05, 0) is 19.9 Å². The first-order valence-corrected chi connectivity index (χ1v) is 4.50. The second-order valence-corrected chi connectivity index (χ2v) is 3.35. The molecule has 0 aliphatic heterocycles. The molecule has 12 heavy (non-hydrogen) atoms. The van der Waals surface area contributed by atoms with E-state index < -0.39 is 0 Å². The maximum absolute atomic E-state index is 5.15. The summed E-state index contributed by atoms with van der Waals surface area (Å²) < 4.78 is 5.15. The van der Waals surface area contributed by atoms with Crippen molar-refractivity contribution in [3.8, 4) is 0 Å². The average Bonchev–Trinajstić information content (AvgIpc) is 2.53. The van der Waals surface area contributed by atoms with E-state index in [2.05, 4.69) is 10.5 Å². The molecule has 0 saturated carbocycles. The van der Waals surface area contributed by atoms with E-state index in [-0.39, 0.29) is 0 Å². The molecule has 2 rings (SSSR count). The van der Waals surface area contributed by atoms with Gasteiger partial charge in [-0.25, -0.2) is 0 Å². The lowest BCUT2D eigenvalue weighted by Gasteiger charge is -2.19. The van der Waals surface area contributed by atoms with Crippen LogP contribution >= 0.6 is 0 Å². The van der Waals surface area contributed by atoms with Gasteiger partial charge in [0.1, 0.15) is 5.76 Å². The zero-order valence-corrected chi connectivity index (χ0v) is 7.34. The third-order valence-corrected chi connectivity index (χ3v) is 2.52. The van der Waals surface area contributed by atoms with Crippen molar-refractivity contribution >= 4 is 0 Å². The van der Waals surface area contributed by atoms with Crippen LogP contribution in [0.25, 0.3) is 0 Å². The third kappa shape index (κ3) is 1.25. The van der Waals surface area contributed by atoms with E-state index in [9.17, 15) is 0 Å². The predicted molar refractivity (Wildman–Crippen MR) is 46.1 cm³/mol. The van der Waals surface area contributed by atoms with Crippen LogP contribution in [0.3, 0.4) is 0 Å². The van der Waals surface area contributed by atoms with E-state index in [1.807, 2.05) is 13.2 Å². The molecule has 0 bridgehead atoms. The molecule has 1 N–H and O–H groups in total. The summed E-state index contributed by atoms with van der Waals surface area (Å²) in [7, 11) is 1.99. The SMILES string of the molecule is CNCC1CCCc2oncc21. The van der Waals surface area contributed by atoms with Gasteiger partial charge in [-0.2, -0.15) is 0 Å². The van der Waals surface area contributed by atoms with Crippen LogP contribution in [0.4, 0.5) is 0 Å². The molecule has 0 spiro atoms. The minimum Gasteiger partial charge on any atom is -0.361 e. The number of aromatic nitrogens is 1. The number of hydrogen-bond acceptors (Lipinski definition) is 3. The Balaban J connectivity index is 2.19. The molecule has 66 valence electrons. The largest absolute Gasteiger partial charge is 0.361 e. The van der Waals surface area contributed by atoms with Gasteiger partial charge >= 0.3 is 0 Å². The molecule has 0 saturated heterocycles. The van der Waals surface area contributed by atoms with Crippen molar-refractivity contribution in [3.05, 3.63) is 17.5 Å². The highest BCUT2D eigenvalue weighted by molar-refractivity contribution is 5.22. The third-order valence-electron chi connectivity index (χ3n) is 2.52. The summed E-state index contributed by atoms with van der Waals surface area (Å²) in [5.74, 6) is 1.71. The first kappa shape index (κ1) is 7.80. The van der Waals surface area contributed by atoms with Crippen LogP contribution in [0, 0.1) is 0 Å². The van der Waals surface area contributed by atoms with Crippen LogP contribution in [0.15, 0.2) is 10.7 Å². The van der Waals surface area contributed by atoms with Gasteiger partial charge in [-0.15, -0.1) is 0 Å². The summed E-state index contributed by atoms with van der Waals surface area (Å²) in [5.41, 5.74) is 1.32. The highest BCUT2D eigenvalue weighted by atomic mass is 16.5. The fourth-order valence-corrected chi connectivity index (χ4v) is 1.92. The second kappa shape index (κ2) is 3.27. The highest BCUT2D eigenvalue weighted by Crippen LogP contribution is 2.30. The van der Waals surface area contributed by atoms with Crippen LogP contribution in [-0.2, 0) is 6.42 Å². The van der Waals surface area contributed by atoms with E-state index in [1.165, 1.54) is 18.4 Å². The fourth-order valence-electron chi connectivity index (χ4n) is 1.92. The summed E-state index contributed by atoms with van der Waals surface area (Å²) >= 11 is 0. The lowest BCUT2D eigenvalue weighted by molar-refractivity contribution is 0.363. The summed E-state index contributed by atoms with van der Waals surface area (Å²) in [6.45, 7) is 1.04. The maximum Gasteiger partial charge on any atom is 0.140 e. The van der Waals surface area contributed by atoms with E-state index in [0.29, 0.717) is 5.92 Å². The van der Waals surface area contributed by atoms with E-state index in [4.69, 9.17) is 4.52 Å². The monoisotopic (exact) mass is 166 g/mol. The molecule has 1 aromatic rings. The quantitative estimate of drug-likeness (QED) is 0.720. The zero-order valence-electron chi connectivity index (χ0n) is 7.34. The number of nitrogens with one attached hydrogen (secondary N) is 1. The van der Waals surface area contributed by atoms with Gasteiger partial charge in [0.05, 0.1) is 6.20 Å². The molecule has 3 nitrogen and oxygen atoms in total. The number of rotatable bonds is 2. The number of aryl methyl sites for hydroxylation is 1.